The first-order chi connectivity index (χ1) is 13.6. The summed E-state index contributed by atoms with van der Waals surface area (Å²) < 4.78 is 6.15. The maximum atomic E-state index is 12.7. The predicted octanol–water partition coefficient (Wildman–Crippen LogP) is 3.65. The molecular formula is C23H29N3O2. The van der Waals surface area contributed by atoms with E-state index < -0.39 is 0 Å². The summed E-state index contributed by atoms with van der Waals surface area (Å²) in [6.07, 6.45) is 2.24. The zero-order chi connectivity index (χ0) is 19.6. The minimum atomic E-state index is -0.0345. The quantitative estimate of drug-likeness (QED) is 0.833. The summed E-state index contributed by atoms with van der Waals surface area (Å²) in [7, 11) is 1.84. The smallest absolute Gasteiger partial charge is 0.317 e. The normalized spacial score (nSPS) is 19.4. The lowest BCUT2D eigenvalue weighted by Gasteiger charge is -2.37. The standard InChI is InChI=1S/C23H29N3O2/c1-3-26-16-19(28-21-12-8-7-11-20(21)26)15-25(2)22(27)24-17-23(13-14-23)18-9-5-4-6-10-18/h4-12,19H,3,13-17H2,1-2H3,(H,24,27). The molecule has 1 aliphatic heterocycles. The third kappa shape index (κ3) is 3.79. The molecule has 2 aromatic carbocycles. The molecule has 1 atom stereocenters. The van der Waals surface area contributed by atoms with Crippen molar-refractivity contribution in [3.05, 3.63) is 60.2 Å². The maximum Gasteiger partial charge on any atom is 0.317 e. The van der Waals surface area contributed by atoms with Crippen LogP contribution in [0.1, 0.15) is 25.3 Å². The minimum absolute atomic E-state index is 0.0328. The molecule has 1 fully saturated rings. The Balaban J connectivity index is 1.33. The van der Waals surface area contributed by atoms with Gasteiger partial charge in [-0.3, -0.25) is 0 Å². The SMILES string of the molecule is CCN1CC(CN(C)C(=O)NCC2(c3ccccc3)CC2)Oc2ccccc21. The fourth-order valence-corrected chi connectivity index (χ4v) is 4.05. The highest BCUT2D eigenvalue weighted by atomic mass is 16.5. The molecule has 0 radical (unpaired) electrons. The van der Waals surface area contributed by atoms with Gasteiger partial charge in [0.25, 0.3) is 0 Å². The van der Waals surface area contributed by atoms with Crippen molar-refractivity contribution in [2.75, 3.05) is 38.1 Å². The van der Waals surface area contributed by atoms with E-state index in [0.29, 0.717) is 13.1 Å². The molecule has 4 rings (SSSR count). The summed E-state index contributed by atoms with van der Waals surface area (Å²) in [6, 6.07) is 18.6. The minimum Gasteiger partial charge on any atom is -0.485 e. The summed E-state index contributed by atoms with van der Waals surface area (Å²) in [5.74, 6) is 0.899. The molecule has 148 valence electrons. The number of urea groups is 1. The lowest BCUT2D eigenvalue weighted by molar-refractivity contribution is 0.145. The van der Waals surface area contributed by atoms with Crippen molar-refractivity contribution in [2.45, 2.75) is 31.3 Å². The number of fused-ring (bicyclic) bond motifs is 1. The van der Waals surface area contributed by atoms with Gasteiger partial charge in [-0.2, -0.15) is 0 Å². The van der Waals surface area contributed by atoms with Crippen molar-refractivity contribution in [2.24, 2.45) is 0 Å². The third-order valence-corrected chi connectivity index (χ3v) is 5.95. The van der Waals surface area contributed by atoms with Gasteiger partial charge >= 0.3 is 6.03 Å². The molecule has 1 unspecified atom stereocenters. The van der Waals surface area contributed by atoms with Gasteiger partial charge in [0, 0.05) is 25.6 Å². The van der Waals surface area contributed by atoms with Crippen LogP contribution >= 0.6 is 0 Å². The highest BCUT2D eigenvalue weighted by Crippen LogP contribution is 2.47. The van der Waals surface area contributed by atoms with Gasteiger partial charge in [0.05, 0.1) is 18.8 Å². The Labute approximate surface area is 167 Å². The molecule has 2 aliphatic rings. The van der Waals surface area contributed by atoms with Gasteiger partial charge in [0.15, 0.2) is 0 Å². The van der Waals surface area contributed by atoms with E-state index in [1.54, 1.807) is 4.90 Å². The van der Waals surface area contributed by atoms with Crippen LogP contribution in [0.3, 0.4) is 0 Å². The molecule has 0 aromatic heterocycles. The molecule has 0 bridgehead atoms. The molecule has 5 nitrogen and oxygen atoms in total. The first-order valence-corrected chi connectivity index (χ1v) is 10.2. The fraction of sp³-hybridized carbons (Fsp3) is 0.435. The van der Waals surface area contributed by atoms with Gasteiger partial charge in [-0.15, -0.1) is 0 Å². The lowest BCUT2D eigenvalue weighted by atomic mass is 9.96. The van der Waals surface area contributed by atoms with Gasteiger partial charge in [0.1, 0.15) is 11.9 Å². The predicted molar refractivity (Wildman–Crippen MR) is 112 cm³/mol. The lowest BCUT2D eigenvalue weighted by Crippen LogP contribution is -2.49. The first-order valence-electron chi connectivity index (χ1n) is 10.2. The largest absolute Gasteiger partial charge is 0.485 e. The zero-order valence-electron chi connectivity index (χ0n) is 16.7. The van der Waals surface area contributed by atoms with Gasteiger partial charge < -0.3 is 19.9 Å². The second-order valence-electron chi connectivity index (χ2n) is 7.93. The van der Waals surface area contributed by atoms with Gasteiger partial charge in [0.2, 0.25) is 0 Å². The number of nitrogens with one attached hydrogen (secondary N) is 1. The highest BCUT2D eigenvalue weighted by molar-refractivity contribution is 5.74. The molecular weight excluding hydrogens is 350 g/mol. The molecule has 2 amide bonds. The average Bonchev–Trinajstić information content (AvgIpc) is 3.53. The van der Waals surface area contributed by atoms with Crippen molar-refractivity contribution >= 4 is 11.7 Å². The number of carbonyl (C=O) groups is 1. The number of anilines is 1. The molecule has 5 heteroatoms. The third-order valence-electron chi connectivity index (χ3n) is 5.95. The zero-order valence-corrected chi connectivity index (χ0v) is 16.7. The second-order valence-corrected chi connectivity index (χ2v) is 7.93. The van der Waals surface area contributed by atoms with E-state index in [1.165, 1.54) is 5.56 Å². The number of likely N-dealkylation sites (N-methyl/N-ethyl adjacent to an activating group) is 2. The van der Waals surface area contributed by atoms with Gasteiger partial charge in [-0.05, 0) is 37.5 Å². The molecule has 1 saturated carbocycles. The van der Waals surface area contributed by atoms with E-state index in [2.05, 4.69) is 47.5 Å². The molecule has 1 N–H and O–H groups in total. The number of hydrogen-bond donors (Lipinski definition) is 1. The Hall–Kier alpha value is -2.69. The van der Waals surface area contributed by atoms with E-state index in [0.717, 1.165) is 37.4 Å². The summed E-state index contributed by atoms with van der Waals surface area (Å²) >= 11 is 0. The fourth-order valence-electron chi connectivity index (χ4n) is 4.05. The number of ether oxygens (including phenoxy) is 1. The number of hydrogen-bond acceptors (Lipinski definition) is 3. The van der Waals surface area contributed by atoms with Crippen LogP contribution in [0.25, 0.3) is 0 Å². The van der Waals surface area contributed by atoms with E-state index >= 15 is 0 Å². The first kappa shape index (κ1) is 18.7. The average molecular weight is 380 g/mol. The van der Waals surface area contributed by atoms with Crippen LogP contribution in [-0.4, -0.2) is 50.3 Å². The Kier molecular flexibility index (Phi) is 5.16. The van der Waals surface area contributed by atoms with Crippen LogP contribution in [0.4, 0.5) is 10.5 Å². The summed E-state index contributed by atoms with van der Waals surface area (Å²) in [4.78, 5) is 16.7. The van der Waals surface area contributed by atoms with Gasteiger partial charge in [-0.1, -0.05) is 42.5 Å². The Bertz CT molecular complexity index is 820. The van der Waals surface area contributed by atoms with Crippen molar-refractivity contribution in [3.63, 3.8) is 0 Å². The van der Waals surface area contributed by atoms with Gasteiger partial charge in [-0.25, -0.2) is 4.79 Å². The summed E-state index contributed by atoms with van der Waals surface area (Å²) in [5.41, 5.74) is 2.58. The number of carbonyl (C=O) groups excluding carboxylic acids is 1. The van der Waals surface area contributed by atoms with E-state index in [1.807, 2.05) is 31.3 Å². The number of amides is 2. The van der Waals surface area contributed by atoms with Crippen LogP contribution in [-0.2, 0) is 5.41 Å². The molecule has 28 heavy (non-hydrogen) atoms. The van der Waals surface area contributed by atoms with Crippen LogP contribution in [0.15, 0.2) is 54.6 Å². The van der Waals surface area contributed by atoms with E-state index in [4.69, 9.17) is 4.74 Å². The van der Waals surface area contributed by atoms with Crippen molar-refractivity contribution < 1.29 is 9.53 Å². The summed E-state index contributed by atoms with van der Waals surface area (Å²) in [5, 5.41) is 3.14. The Morgan fingerprint density at radius 2 is 1.89 bits per heavy atom. The highest BCUT2D eigenvalue weighted by Gasteiger charge is 2.44. The Morgan fingerprint density at radius 3 is 2.61 bits per heavy atom. The second kappa shape index (κ2) is 7.74. The van der Waals surface area contributed by atoms with Crippen LogP contribution in [0.2, 0.25) is 0 Å². The number of rotatable bonds is 6. The Morgan fingerprint density at radius 1 is 1.18 bits per heavy atom. The van der Waals surface area contributed by atoms with Crippen LogP contribution < -0.4 is 15.0 Å². The number of benzene rings is 2. The number of nitrogens with zero attached hydrogens (tertiary/aromatic N) is 2. The monoisotopic (exact) mass is 379 g/mol. The molecule has 0 saturated heterocycles. The van der Waals surface area contributed by atoms with E-state index in [9.17, 15) is 4.79 Å². The molecule has 1 aliphatic carbocycles. The van der Waals surface area contributed by atoms with Crippen molar-refractivity contribution in [1.82, 2.24) is 10.2 Å². The molecule has 2 aromatic rings. The topological polar surface area (TPSA) is 44.8 Å². The van der Waals surface area contributed by atoms with Crippen LogP contribution in [0.5, 0.6) is 5.75 Å². The molecule has 1 heterocycles. The van der Waals surface area contributed by atoms with Crippen molar-refractivity contribution in [1.29, 1.82) is 0 Å². The summed E-state index contributed by atoms with van der Waals surface area (Å²) in [6.45, 7) is 5.12. The maximum absolute atomic E-state index is 12.7. The number of para-hydroxylation sites is 2. The van der Waals surface area contributed by atoms with Crippen LogP contribution in [0, 0.1) is 0 Å². The van der Waals surface area contributed by atoms with E-state index in [-0.39, 0.29) is 17.6 Å². The molecule has 0 spiro atoms. The van der Waals surface area contributed by atoms with Crippen molar-refractivity contribution in [3.8, 4) is 5.75 Å².